The monoisotopic (exact) mass is 286 g/mol. The van der Waals surface area contributed by atoms with Gasteiger partial charge in [-0.1, -0.05) is 6.42 Å². The van der Waals surface area contributed by atoms with Crippen molar-refractivity contribution in [2.75, 3.05) is 13.6 Å². The van der Waals surface area contributed by atoms with Crippen molar-refractivity contribution in [3.63, 3.8) is 0 Å². The Balaban J connectivity index is 2.34. The van der Waals surface area contributed by atoms with E-state index in [0.29, 0.717) is 13.0 Å². The highest BCUT2D eigenvalue weighted by Crippen LogP contribution is 2.24. The number of aromatic nitrogens is 2. The molecule has 1 unspecified atom stereocenters. The topological polar surface area (TPSA) is 84.3 Å². The van der Waals surface area contributed by atoms with E-state index in [-0.39, 0.29) is 10.9 Å². The van der Waals surface area contributed by atoms with Gasteiger partial charge in [-0.3, -0.25) is 4.79 Å². The lowest BCUT2D eigenvalue weighted by Gasteiger charge is -2.32. The summed E-state index contributed by atoms with van der Waals surface area (Å²) in [5.74, 6) is -0.265. The minimum atomic E-state index is -3.70. The van der Waals surface area contributed by atoms with Crippen LogP contribution in [0.15, 0.2) is 17.6 Å². The maximum atomic E-state index is 12.5. The summed E-state index contributed by atoms with van der Waals surface area (Å²) in [5, 5.41) is 2.51. The van der Waals surface area contributed by atoms with Crippen molar-refractivity contribution in [1.82, 2.24) is 19.2 Å². The van der Waals surface area contributed by atoms with Crippen molar-refractivity contribution in [1.29, 1.82) is 0 Å². The number of hydrogen-bond donors (Lipinski definition) is 1. The molecule has 1 aliphatic rings. The summed E-state index contributed by atoms with van der Waals surface area (Å²) in [6.45, 7) is 0.358. The van der Waals surface area contributed by atoms with E-state index >= 15 is 0 Å². The van der Waals surface area contributed by atoms with Gasteiger partial charge in [-0.15, -0.1) is 0 Å². The number of rotatable bonds is 3. The molecule has 1 fully saturated rings. The smallest absolute Gasteiger partial charge is 0.262 e. The second kappa shape index (κ2) is 5.30. The van der Waals surface area contributed by atoms with E-state index in [0.717, 1.165) is 12.8 Å². The predicted octanol–water partition coefficient (Wildman–Crippen LogP) is -0.291. The summed E-state index contributed by atoms with van der Waals surface area (Å²) in [5.41, 5.74) is 0. The molecule has 0 saturated carbocycles. The van der Waals surface area contributed by atoms with Crippen LogP contribution in [0.4, 0.5) is 0 Å². The van der Waals surface area contributed by atoms with Gasteiger partial charge in [0.2, 0.25) is 5.91 Å². The van der Waals surface area contributed by atoms with E-state index in [1.807, 2.05) is 0 Å². The van der Waals surface area contributed by atoms with Gasteiger partial charge in [0.15, 0.2) is 5.03 Å². The number of likely N-dealkylation sites (N-methyl/N-ethyl adjacent to an activating group) is 1. The molecule has 0 radical (unpaired) electrons. The van der Waals surface area contributed by atoms with Gasteiger partial charge in [0.05, 0.1) is 6.33 Å². The van der Waals surface area contributed by atoms with E-state index in [9.17, 15) is 13.2 Å². The average molecular weight is 286 g/mol. The second-order valence-electron chi connectivity index (χ2n) is 4.62. The Bertz CT molecular complexity index is 566. The van der Waals surface area contributed by atoms with Crippen molar-refractivity contribution in [3.05, 3.63) is 12.5 Å². The first-order valence-corrected chi connectivity index (χ1v) is 7.62. The lowest BCUT2D eigenvalue weighted by atomic mass is 10.0. The third-order valence-corrected chi connectivity index (χ3v) is 5.05. The fraction of sp³-hybridized carbons (Fsp3) is 0.636. The summed E-state index contributed by atoms with van der Waals surface area (Å²) >= 11 is 0. The summed E-state index contributed by atoms with van der Waals surface area (Å²) in [4.78, 5) is 15.7. The van der Waals surface area contributed by atoms with E-state index < -0.39 is 16.1 Å². The normalized spacial score (nSPS) is 21.3. The van der Waals surface area contributed by atoms with Crippen LogP contribution in [0, 0.1) is 0 Å². The predicted molar refractivity (Wildman–Crippen MR) is 68.8 cm³/mol. The zero-order chi connectivity index (χ0) is 14.0. The number of piperidine rings is 1. The van der Waals surface area contributed by atoms with Crippen LogP contribution in [-0.2, 0) is 21.9 Å². The lowest BCUT2D eigenvalue weighted by molar-refractivity contribution is -0.125. The van der Waals surface area contributed by atoms with Crippen LogP contribution in [0.3, 0.4) is 0 Å². The molecule has 0 spiro atoms. The van der Waals surface area contributed by atoms with Gasteiger partial charge in [0.1, 0.15) is 6.04 Å². The minimum absolute atomic E-state index is 0.00852. The molecule has 1 saturated heterocycles. The van der Waals surface area contributed by atoms with Crippen LogP contribution in [0.1, 0.15) is 19.3 Å². The molecule has 1 atom stereocenters. The highest BCUT2D eigenvalue weighted by molar-refractivity contribution is 7.89. The van der Waals surface area contributed by atoms with Crippen molar-refractivity contribution < 1.29 is 13.2 Å². The number of carbonyl (C=O) groups is 1. The highest BCUT2D eigenvalue weighted by atomic mass is 32.2. The van der Waals surface area contributed by atoms with Crippen LogP contribution in [-0.4, -0.2) is 47.8 Å². The number of amides is 1. The highest BCUT2D eigenvalue weighted by Gasteiger charge is 2.38. The average Bonchev–Trinajstić information content (AvgIpc) is 2.85. The standard InChI is InChI=1S/C11H18N4O3S/c1-12-11(16)9-5-3-4-6-15(9)19(17,18)10-7-14(2)8-13-10/h7-9H,3-6H2,1-2H3,(H,12,16). The molecule has 0 bridgehead atoms. The Morgan fingerprint density at radius 3 is 2.79 bits per heavy atom. The number of sulfonamides is 1. The first-order chi connectivity index (χ1) is 8.96. The van der Waals surface area contributed by atoms with E-state index in [1.165, 1.54) is 23.9 Å². The van der Waals surface area contributed by atoms with Gasteiger partial charge >= 0.3 is 0 Å². The van der Waals surface area contributed by atoms with E-state index in [4.69, 9.17) is 0 Å². The zero-order valence-electron chi connectivity index (χ0n) is 11.0. The first kappa shape index (κ1) is 14.0. The number of aryl methyl sites for hydroxylation is 1. The van der Waals surface area contributed by atoms with Gasteiger partial charge in [-0.25, -0.2) is 13.4 Å². The minimum Gasteiger partial charge on any atom is -0.358 e. The Kier molecular flexibility index (Phi) is 3.91. The maximum absolute atomic E-state index is 12.5. The number of carbonyl (C=O) groups excluding carboxylic acids is 1. The molecule has 0 aliphatic carbocycles. The molecule has 8 heteroatoms. The summed E-state index contributed by atoms with van der Waals surface area (Å²) in [7, 11) is -0.482. The number of hydrogen-bond acceptors (Lipinski definition) is 4. The largest absolute Gasteiger partial charge is 0.358 e. The Hall–Kier alpha value is -1.41. The lowest BCUT2D eigenvalue weighted by Crippen LogP contribution is -2.51. The third kappa shape index (κ3) is 2.64. The van der Waals surface area contributed by atoms with E-state index in [2.05, 4.69) is 10.3 Å². The van der Waals surface area contributed by atoms with Crippen LogP contribution < -0.4 is 5.32 Å². The fourth-order valence-electron chi connectivity index (χ4n) is 2.26. The molecule has 1 amide bonds. The van der Waals surface area contributed by atoms with Gasteiger partial charge in [-0.2, -0.15) is 4.31 Å². The summed E-state index contributed by atoms with van der Waals surface area (Å²) in [6, 6.07) is -0.634. The van der Waals surface area contributed by atoms with Crippen molar-refractivity contribution in [2.45, 2.75) is 30.3 Å². The molecule has 106 valence electrons. The zero-order valence-corrected chi connectivity index (χ0v) is 11.9. The van der Waals surface area contributed by atoms with Crippen molar-refractivity contribution in [3.8, 4) is 0 Å². The molecule has 1 aromatic heterocycles. The maximum Gasteiger partial charge on any atom is 0.262 e. The molecule has 1 aliphatic heterocycles. The Morgan fingerprint density at radius 1 is 1.47 bits per heavy atom. The molecule has 2 rings (SSSR count). The van der Waals surface area contributed by atoms with Gasteiger partial charge < -0.3 is 9.88 Å². The molecule has 7 nitrogen and oxygen atoms in total. The van der Waals surface area contributed by atoms with Gasteiger partial charge in [-0.05, 0) is 12.8 Å². The molecule has 19 heavy (non-hydrogen) atoms. The van der Waals surface area contributed by atoms with Crippen LogP contribution in [0.2, 0.25) is 0 Å². The number of imidazole rings is 1. The molecular formula is C11H18N4O3S. The molecule has 2 heterocycles. The van der Waals surface area contributed by atoms with Crippen molar-refractivity contribution in [2.24, 2.45) is 7.05 Å². The quantitative estimate of drug-likeness (QED) is 0.827. The second-order valence-corrected chi connectivity index (χ2v) is 6.46. The molecule has 1 aromatic rings. The third-order valence-electron chi connectivity index (χ3n) is 3.26. The van der Waals surface area contributed by atoms with Crippen LogP contribution >= 0.6 is 0 Å². The summed E-state index contributed by atoms with van der Waals surface area (Å²) in [6.07, 6.45) is 5.05. The summed E-state index contributed by atoms with van der Waals surface area (Å²) < 4.78 is 27.8. The Labute approximate surface area is 112 Å². The van der Waals surface area contributed by atoms with Crippen LogP contribution in [0.5, 0.6) is 0 Å². The van der Waals surface area contributed by atoms with Crippen molar-refractivity contribution >= 4 is 15.9 Å². The fourth-order valence-corrected chi connectivity index (χ4v) is 3.89. The number of nitrogens with zero attached hydrogens (tertiary/aromatic N) is 3. The molecular weight excluding hydrogens is 268 g/mol. The van der Waals surface area contributed by atoms with Gasteiger partial charge in [0.25, 0.3) is 10.0 Å². The number of nitrogens with one attached hydrogen (secondary N) is 1. The van der Waals surface area contributed by atoms with Gasteiger partial charge in [0, 0.05) is 26.8 Å². The SMILES string of the molecule is CNC(=O)C1CCCCN1S(=O)(=O)c1cn(C)cn1. The van der Waals surface area contributed by atoms with Crippen LogP contribution in [0.25, 0.3) is 0 Å². The van der Waals surface area contributed by atoms with E-state index in [1.54, 1.807) is 11.6 Å². The Morgan fingerprint density at radius 2 is 2.21 bits per heavy atom. The first-order valence-electron chi connectivity index (χ1n) is 6.18. The molecule has 0 aromatic carbocycles. The molecule has 1 N–H and O–H groups in total.